The zero-order chi connectivity index (χ0) is 20.3. The van der Waals surface area contributed by atoms with E-state index in [1.807, 2.05) is 19.9 Å². The largest absolute Gasteiger partial charge is 0.454 e. The fourth-order valence-corrected chi connectivity index (χ4v) is 2.71. The summed E-state index contributed by atoms with van der Waals surface area (Å²) in [5.74, 6) is -0.404. The summed E-state index contributed by atoms with van der Waals surface area (Å²) in [7, 11) is 0. The molecule has 1 aliphatic rings. The molecule has 0 fully saturated rings. The Bertz CT molecular complexity index is 936. The Kier molecular flexibility index (Phi) is 5.63. The van der Waals surface area contributed by atoms with Crippen molar-refractivity contribution < 1.29 is 28.6 Å². The molecule has 1 N–H and O–H groups in total. The number of rotatable bonds is 6. The van der Waals surface area contributed by atoms with Crippen molar-refractivity contribution in [2.24, 2.45) is 0 Å². The number of nitrogens with one attached hydrogen (secondary N) is 1. The zero-order valence-corrected chi connectivity index (χ0v) is 15.9. The number of aryl methyl sites for hydroxylation is 2. The molecular weight excluding hydrogens is 362 g/mol. The standard InChI is InChI=1S/C21H21NO6/c1-12-4-5-15(8-13(12)2)20(24)14(3)28-19(23)10-22-21(25)16-6-7-17-18(9-16)27-11-26-17/h4-9,14H,10-11H2,1-3H3,(H,22,25)/t14-/m1/s1. The maximum Gasteiger partial charge on any atom is 0.326 e. The summed E-state index contributed by atoms with van der Waals surface area (Å²) < 4.78 is 15.6. The topological polar surface area (TPSA) is 90.9 Å². The van der Waals surface area contributed by atoms with E-state index in [0.717, 1.165) is 11.1 Å². The van der Waals surface area contributed by atoms with E-state index in [1.165, 1.54) is 13.0 Å². The monoisotopic (exact) mass is 383 g/mol. The third-order valence-electron chi connectivity index (χ3n) is 4.50. The second kappa shape index (κ2) is 8.12. The van der Waals surface area contributed by atoms with Gasteiger partial charge in [-0.3, -0.25) is 14.4 Å². The van der Waals surface area contributed by atoms with Crippen molar-refractivity contribution in [3.05, 3.63) is 58.7 Å². The molecule has 0 bridgehead atoms. The molecule has 0 radical (unpaired) electrons. The van der Waals surface area contributed by atoms with Crippen LogP contribution in [0.1, 0.15) is 38.8 Å². The highest BCUT2D eigenvalue weighted by molar-refractivity contribution is 6.01. The van der Waals surface area contributed by atoms with Crippen LogP contribution in [0.5, 0.6) is 11.5 Å². The first kappa shape index (κ1) is 19.4. The van der Waals surface area contributed by atoms with E-state index in [9.17, 15) is 14.4 Å². The van der Waals surface area contributed by atoms with Crippen LogP contribution >= 0.6 is 0 Å². The number of ether oxygens (including phenoxy) is 3. The van der Waals surface area contributed by atoms with Gasteiger partial charge in [-0.15, -0.1) is 0 Å². The van der Waals surface area contributed by atoms with Crippen molar-refractivity contribution in [2.45, 2.75) is 26.9 Å². The molecule has 0 spiro atoms. The van der Waals surface area contributed by atoms with E-state index < -0.39 is 18.0 Å². The van der Waals surface area contributed by atoms with Crippen molar-refractivity contribution >= 4 is 17.7 Å². The Labute approximate surface area is 162 Å². The molecule has 2 aromatic rings. The van der Waals surface area contributed by atoms with Crippen molar-refractivity contribution in [3.63, 3.8) is 0 Å². The minimum absolute atomic E-state index is 0.110. The fraction of sp³-hybridized carbons (Fsp3) is 0.286. The van der Waals surface area contributed by atoms with Gasteiger partial charge in [0.05, 0.1) is 0 Å². The van der Waals surface area contributed by atoms with Gasteiger partial charge in [0, 0.05) is 11.1 Å². The Morgan fingerprint density at radius 3 is 2.46 bits per heavy atom. The first-order chi connectivity index (χ1) is 13.3. The quantitative estimate of drug-likeness (QED) is 0.609. The van der Waals surface area contributed by atoms with Crippen LogP contribution in [0.4, 0.5) is 0 Å². The lowest BCUT2D eigenvalue weighted by atomic mass is 10.0. The summed E-state index contributed by atoms with van der Waals surface area (Å²) in [5.41, 5.74) is 2.87. The minimum atomic E-state index is -0.947. The molecule has 0 aromatic heterocycles. The van der Waals surface area contributed by atoms with Gasteiger partial charge in [0.2, 0.25) is 12.6 Å². The molecular formula is C21H21NO6. The van der Waals surface area contributed by atoms with E-state index in [0.29, 0.717) is 22.6 Å². The van der Waals surface area contributed by atoms with E-state index in [4.69, 9.17) is 14.2 Å². The summed E-state index contributed by atoms with van der Waals surface area (Å²) >= 11 is 0. The average Bonchev–Trinajstić information content (AvgIpc) is 3.15. The third-order valence-corrected chi connectivity index (χ3v) is 4.50. The molecule has 1 aliphatic heterocycles. The molecule has 7 heteroatoms. The van der Waals surface area contributed by atoms with Crippen LogP contribution in [0.15, 0.2) is 36.4 Å². The van der Waals surface area contributed by atoms with E-state index >= 15 is 0 Å². The number of fused-ring (bicyclic) bond motifs is 1. The van der Waals surface area contributed by atoms with Gasteiger partial charge in [0.25, 0.3) is 5.91 Å². The van der Waals surface area contributed by atoms with Crippen LogP contribution in [0.3, 0.4) is 0 Å². The van der Waals surface area contributed by atoms with Crippen LogP contribution in [-0.2, 0) is 9.53 Å². The number of benzene rings is 2. The first-order valence-corrected chi connectivity index (χ1v) is 8.84. The van der Waals surface area contributed by atoms with Gasteiger partial charge >= 0.3 is 5.97 Å². The smallest absolute Gasteiger partial charge is 0.326 e. The van der Waals surface area contributed by atoms with Crippen LogP contribution in [0.2, 0.25) is 0 Å². The second-order valence-electron chi connectivity index (χ2n) is 6.55. The van der Waals surface area contributed by atoms with Gasteiger partial charge in [-0.25, -0.2) is 0 Å². The molecule has 0 aliphatic carbocycles. The van der Waals surface area contributed by atoms with Crippen molar-refractivity contribution in [1.29, 1.82) is 0 Å². The summed E-state index contributed by atoms with van der Waals surface area (Å²) in [6, 6.07) is 10.1. The lowest BCUT2D eigenvalue weighted by Gasteiger charge is -2.13. The van der Waals surface area contributed by atoms with Crippen LogP contribution < -0.4 is 14.8 Å². The van der Waals surface area contributed by atoms with Gasteiger partial charge < -0.3 is 19.5 Å². The van der Waals surface area contributed by atoms with Crippen LogP contribution in [-0.4, -0.2) is 37.1 Å². The van der Waals surface area contributed by atoms with Crippen molar-refractivity contribution in [3.8, 4) is 11.5 Å². The average molecular weight is 383 g/mol. The number of amides is 1. The molecule has 0 saturated heterocycles. The summed E-state index contributed by atoms with van der Waals surface area (Å²) in [6.45, 7) is 5.14. The van der Waals surface area contributed by atoms with Gasteiger partial charge in [0.15, 0.2) is 17.6 Å². The van der Waals surface area contributed by atoms with Crippen molar-refractivity contribution in [2.75, 3.05) is 13.3 Å². The highest BCUT2D eigenvalue weighted by Crippen LogP contribution is 2.32. The number of carbonyl (C=O) groups is 3. The molecule has 7 nitrogen and oxygen atoms in total. The number of Topliss-reactive ketones (excluding diaryl/α,β-unsaturated/α-hetero) is 1. The molecule has 146 valence electrons. The predicted octanol–water partition coefficient (Wildman–Crippen LogP) is 2.58. The maximum atomic E-state index is 12.4. The Hall–Kier alpha value is -3.35. The molecule has 1 heterocycles. The third kappa shape index (κ3) is 4.31. The number of carbonyl (C=O) groups excluding carboxylic acids is 3. The molecule has 0 unspecified atom stereocenters. The van der Waals surface area contributed by atoms with Gasteiger partial charge in [-0.2, -0.15) is 0 Å². The maximum absolute atomic E-state index is 12.4. The lowest BCUT2D eigenvalue weighted by molar-refractivity contribution is -0.145. The van der Waals surface area contributed by atoms with Gasteiger partial charge in [0.1, 0.15) is 6.54 Å². The summed E-state index contributed by atoms with van der Waals surface area (Å²) in [5, 5.41) is 2.47. The van der Waals surface area contributed by atoms with Gasteiger partial charge in [-0.1, -0.05) is 12.1 Å². The summed E-state index contributed by atoms with van der Waals surface area (Å²) in [6.07, 6.45) is -0.947. The van der Waals surface area contributed by atoms with Crippen LogP contribution in [0.25, 0.3) is 0 Å². The van der Waals surface area contributed by atoms with Crippen molar-refractivity contribution in [1.82, 2.24) is 5.32 Å². The highest BCUT2D eigenvalue weighted by atomic mass is 16.7. The SMILES string of the molecule is Cc1ccc(C(=O)[C@@H](C)OC(=O)CNC(=O)c2ccc3c(c2)OCO3)cc1C. The Balaban J connectivity index is 1.52. The van der Waals surface area contributed by atoms with Crippen LogP contribution in [0, 0.1) is 13.8 Å². The zero-order valence-electron chi connectivity index (χ0n) is 15.9. The van der Waals surface area contributed by atoms with E-state index in [1.54, 1.807) is 24.3 Å². The molecule has 28 heavy (non-hydrogen) atoms. The number of hydrogen-bond donors (Lipinski definition) is 1. The Morgan fingerprint density at radius 2 is 1.71 bits per heavy atom. The second-order valence-corrected chi connectivity index (χ2v) is 6.55. The number of ketones is 1. The first-order valence-electron chi connectivity index (χ1n) is 8.84. The minimum Gasteiger partial charge on any atom is -0.454 e. The molecule has 1 amide bonds. The highest BCUT2D eigenvalue weighted by Gasteiger charge is 2.21. The predicted molar refractivity (Wildman–Crippen MR) is 101 cm³/mol. The molecule has 2 aromatic carbocycles. The van der Waals surface area contributed by atoms with E-state index in [-0.39, 0.29) is 19.1 Å². The number of esters is 1. The lowest BCUT2D eigenvalue weighted by Crippen LogP contribution is -2.34. The fourth-order valence-electron chi connectivity index (χ4n) is 2.71. The number of hydrogen-bond acceptors (Lipinski definition) is 6. The van der Waals surface area contributed by atoms with E-state index in [2.05, 4.69) is 5.32 Å². The van der Waals surface area contributed by atoms with Gasteiger partial charge in [-0.05, 0) is 56.2 Å². The molecule has 0 saturated carbocycles. The Morgan fingerprint density at radius 1 is 1.00 bits per heavy atom. The molecule has 1 atom stereocenters. The summed E-state index contributed by atoms with van der Waals surface area (Å²) in [4.78, 5) is 36.6. The molecule has 3 rings (SSSR count). The normalized spacial score (nSPS) is 13.0.